The highest BCUT2D eigenvalue weighted by atomic mass is 28.3. The van der Waals surface area contributed by atoms with Gasteiger partial charge in [0.1, 0.15) is 30.5 Å². The lowest BCUT2D eigenvalue weighted by atomic mass is 10.1. The summed E-state index contributed by atoms with van der Waals surface area (Å²) < 4.78 is 27.2. The van der Waals surface area contributed by atoms with Crippen LogP contribution < -0.4 is 15.4 Å². The molecular formula is C42H60N6O6Si2. The van der Waals surface area contributed by atoms with Crippen LogP contribution in [0, 0.1) is 0 Å². The Morgan fingerprint density at radius 1 is 0.768 bits per heavy atom. The number of rotatable bonds is 18. The minimum atomic E-state index is -1.33. The number of alkyl carbamates (subject to hydrolysis) is 1. The maximum absolute atomic E-state index is 13.5. The molecular weight excluding hydrogens is 741 g/mol. The van der Waals surface area contributed by atoms with Crippen LogP contribution in [0.5, 0.6) is 5.75 Å². The lowest BCUT2D eigenvalue weighted by Crippen LogP contribution is -2.34. The first-order valence-corrected chi connectivity index (χ1v) is 26.9. The minimum Gasteiger partial charge on any atom is -0.497 e. The molecule has 0 bridgehead atoms. The monoisotopic (exact) mass is 800 g/mol. The van der Waals surface area contributed by atoms with Crippen LogP contribution in [0.1, 0.15) is 37.6 Å². The summed E-state index contributed by atoms with van der Waals surface area (Å²) in [7, 11) is -0.957. The zero-order valence-electron chi connectivity index (χ0n) is 34.9. The van der Waals surface area contributed by atoms with Crippen molar-refractivity contribution < 1.29 is 28.5 Å². The first-order chi connectivity index (χ1) is 26.4. The molecule has 0 aliphatic carbocycles. The second-order valence-electron chi connectivity index (χ2n) is 17.6. The zero-order chi connectivity index (χ0) is 40.7. The molecule has 302 valence electrons. The number of hydrogen-bond donors (Lipinski definition) is 2. The molecule has 0 atom stereocenters. The normalized spacial score (nSPS) is 12.3. The van der Waals surface area contributed by atoms with Crippen LogP contribution >= 0.6 is 0 Å². The van der Waals surface area contributed by atoms with E-state index < -0.39 is 27.8 Å². The number of carbonyl (C=O) groups excluding carboxylic acids is 2. The van der Waals surface area contributed by atoms with Crippen molar-refractivity contribution in [3.05, 3.63) is 66.2 Å². The van der Waals surface area contributed by atoms with Crippen molar-refractivity contribution in [2.75, 3.05) is 33.4 Å². The fourth-order valence-corrected chi connectivity index (χ4v) is 7.46. The fourth-order valence-electron chi connectivity index (χ4n) is 5.94. The van der Waals surface area contributed by atoms with Crippen LogP contribution in [0.4, 0.5) is 4.79 Å². The van der Waals surface area contributed by atoms with E-state index >= 15 is 0 Å². The molecule has 2 heterocycles. The number of aromatic nitrogens is 4. The van der Waals surface area contributed by atoms with Gasteiger partial charge in [0.15, 0.2) is 5.82 Å². The maximum Gasteiger partial charge on any atom is 0.407 e. The SMILES string of the molecule is COc1ccc(-c2ccc3nc(-c4nn(COCC[Si](C)(C)C)c5ccc(C(=O)NCCCNC(=O)OC(C)(C)C)cc45)n(COCC[Si](C)(C)C)c3c2)cc1. The number of nitrogens with zero attached hydrogens (tertiary/aromatic N) is 4. The molecule has 0 unspecified atom stereocenters. The van der Waals surface area contributed by atoms with Gasteiger partial charge in [-0.25, -0.2) is 14.5 Å². The van der Waals surface area contributed by atoms with Crippen molar-refractivity contribution in [2.45, 2.75) is 97.6 Å². The van der Waals surface area contributed by atoms with E-state index in [0.29, 0.717) is 56.5 Å². The van der Waals surface area contributed by atoms with Gasteiger partial charge in [-0.1, -0.05) is 57.5 Å². The molecule has 0 spiro atoms. The van der Waals surface area contributed by atoms with Gasteiger partial charge in [0.25, 0.3) is 5.91 Å². The quantitative estimate of drug-likeness (QED) is 0.0664. The average Bonchev–Trinajstić information content (AvgIpc) is 3.67. The van der Waals surface area contributed by atoms with Gasteiger partial charge in [-0.15, -0.1) is 0 Å². The molecule has 3 aromatic carbocycles. The first kappa shape index (κ1) is 42.6. The Balaban J connectivity index is 1.50. The lowest BCUT2D eigenvalue weighted by molar-refractivity contribution is 0.0527. The van der Waals surface area contributed by atoms with Crippen molar-refractivity contribution >= 4 is 50.1 Å². The fraction of sp³-hybridized carbons (Fsp3) is 0.476. The summed E-state index contributed by atoms with van der Waals surface area (Å²) >= 11 is 0. The molecule has 5 rings (SSSR count). The summed E-state index contributed by atoms with van der Waals surface area (Å²) in [5, 5.41) is 11.6. The number of amides is 2. The Kier molecular flexibility index (Phi) is 13.8. The van der Waals surface area contributed by atoms with Gasteiger partial charge in [-0.3, -0.25) is 9.36 Å². The van der Waals surface area contributed by atoms with Crippen molar-refractivity contribution in [3.63, 3.8) is 0 Å². The third kappa shape index (κ3) is 12.0. The van der Waals surface area contributed by atoms with Crippen LogP contribution in [-0.4, -0.2) is 86.5 Å². The highest BCUT2D eigenvalue weighted by Gasteiger charge is 2.23. The number of hydrogen-bond acceptors (Lipinski definition) is 8. The number of nitrogens with one attached hydrogen (secondary N) is 2. The predicted molar refractivity (Wildman–Crippen MR) is 230 cm³/mol. The number of ether oxygens (including phenoxy) is 4. The molecule has 0 saturated heterocycles. The van der Waals surface area contributed by atoms with Crippen LogP contribution in [0.25, 0.3) is 44.6 Å². The topological polar surface area (TPSA) is 131 Å². The van der Waals surface area contributed by atoms with E-state index in [9.17, 15) is 9.59 Å². The largest absolute Gasteiger partial charge is 0.497 e. The smallest absolute Gasteiger partial charge is 0.407 e. The molecule has 2 aromatic heterocycles. The third-order valence-corrected chi connectivity index (χ3v) is 12.5. The van der Waals surface area contributed by atoms with Gasteiger partial charge in [-0.2, -0.15) is 5.10 Å². The van der Waals surface area contributed by atoms with Gasteiger partial charge in [-0.05, 0) is 92.9 Å². The maximum atomic E-state index is 13.5. The molecule has 0 aliphatic rings. The number of benzene rings is 3. The van der Waals surface area contributed by atoms with E-state index in [1.807, 2.05) is 74.0 Å². The summed E-state index contributed by atoms with van der Waals surface area (Å²) in [6.07, 6.45) is 0.0681. The van der Waals surface area contributed by atoms with Crippen LogP contribution in [-0.2, 0) is 27.7 Å². The van der Waals surface area contributed by atoms with E-state index in [2.05, 4.69) is 66.6 Å². The van der Waals surface area contributed by atoms with Gasteiger partial charge >= 0.3 is 6.09 Å². The molecule has 5 aromatic rings. The van der Waals surface area contributed by atoms with E-state index in [0.717, 1.165) is 50.9 Å². The molecule has 0 fully saturated rings. The summed E-state index contributed by atoms with van der Waals surface area (Å²) in [5.41, 5.74) is 5.23. The van der Waals surface area contributed by atoms with Gasteiger partial charge < -0.3 is 29.6 Å². The number of fused-ring (bicyclic) bond motifs is 2. The molecule has 56 heavy (non-hydrogen) atoms. The van der Waals surface area contributed by atoms with E-state index in [4.69, 9.17) is 29.0 Å². The van der Waals surface area contributed by atoms with E-state index in [1.165, 1.54) is 0 Å². The van der Waals surface area contributed by atoms with Gasteiger partial charge in [0, 0.05) is 53.4 Å². The lowest BCUT2D eigenvalue weighted by Gasteiger charge is -2.19. The number of methoxy groups -OCH3 is 1. The average molecular weight is 801 g/mol. The van der Waals surface area contributed by atoms with Crippen LogP contribution in [0.3, 0.4) is 0 Å². The Hall–Kier alpha value is -4.51. The Morgan fingerprint density at radius 2 is 1.41 bits per heavy atom. The second-order valence-corrected chi connectivity index (χ2v) is 28.9. The number of imidazole rings is 1. The number of carbonyl (C=O) groups is 2. The van der Waals surface area contributed by atoms with Crippen molar-refractivity contribution in [1.29, 1.82) is 0 Å². The summed E-state index contributed by atoms with van der Waals surface area (Å²) in [6.45, 7) is 22.1. The predicted octanol–water partition coefficient (Wildman–Crippen LogP) is 9.00. The zero-order valence-corrected chi connectivity index (χ0v) is 36.9. The molecule has 2 amide bonds. The molecule has 12 nitrogen and oxygen atoms in total. The molecule has 2 N–H and O–H groups in total. The molecule has 14 heteroatoms. The Bertz CT molecular complexity index is 2110. The highest BCUT2D eigenvalue weighted by molar-refractivity contribution is 6.76. The summed E-state index contributed by atoms with van der Waals surface area (Å²) in [6, 6.07) is 22.0. The first-order valence-electron chi connectivity index (χ1n) is 19.5. The van der Waals surface area contributed by atoms with Gasteiger partial charge in [0.2, 0.25) is 0 Å². The minimum absolute atomic E-state index is 0.221. The van der Waals surface area contributed by atoms with E-state index in [1.54, 1.807) is 7.11 Å². The van der Waals surface area contributed by atoms with Crippen LogP contribution in [0.15, 0.2) is 60.7 Å². The van der Waals surface area contributed by atoms with Crippen molar-refractivity contribution in [1.82, 2.24) is 30.0 Å². The second kappa shape index (κ2) is 18.2. The van der Waals surface area contributed by atoms with E-state index in [-0.39, 0.29) is 12.6 Å². The Morgan fingerprint density at radius 3 is 2.05 bits per heavy atom. The Labute approximate surface area is 333 Å². The van der Waals surface area contributed by atoms with Crippen LogP contribution in [0.2, 0.25) is 51.4 Å². The van der Waals surface area contributed by atoms with Crippen molar-refractivity contribution in [3.8, 4) is 28.4 Å². The third-order valence-electron chi connectivity index (χ3n) is 9.13. The summed E-state index contributed by atoms with van der Waals surface area (Å²) in [4.78, 5) is 30.7. The van der Waals surface area contributed by atoms with Crippen molar-refractivity contribution in [2.24, 2.45) is 0 Å². The van der Waals surface area contributed by atoms with Gasteiger partial charge in [0.05, 0.1) is 23.7 Å². The standard InChI is InChI=1S/C42H60N6O6Si2/c1-42(2,3)54-41(50)44-21-11-20-43-40(49)32-15-19-36-34(26-32)38(46-48(36)29-53-23-25-56(8,9)10)39-45-35-18-14-31(30-12-16-33(51-4)17-13-30)27-37(35)47(39)28-52-22-24-55(5,6)7/h12-19,26-27H,11,20-25,28-29H2,1-10H3,(H,43,49)(H,44,50). The highest BCUT2D eigenvalue weighted by Crippen LogP contribution is 2.34. The molecule has 0 saturated carbocycles. The molecule has 0 aliphatic heterocycles. The molecule has 0 radical (unpaired) electrons. The summed E-state index contributed by atoms with van der Waals surface area (Å²) in [5.74, 6) is 1.23.